The molecular weight excluding hydrogens is 246 g/mol. The van der Waals surface area contributed by atoms with Crippen LogP contribution in [0.5, 0.6) is 0 Å². The highest BCUT2D eigenvalue weighted by molar-refractivity contribution is 5.44. The molecule has 1 aliphatic rings. The fraction of sp³-hybridized carbons (Fsp3) is 0.333. The van der Waals surface area contributed by atoms with E-state index in [1.54, 1.807) is 0 Å². The molecule has 3 rings (SSSR count). The van der Waals surface area contributed by atoms with Crippen LogP contribution in [0.1, 0.15) is 29.2 Å². The number of aryl methyl sites for hydroxylation is 1. The van der Waals surface area contributed by atoms with E-state index in [2.05, 4.69) is 55.5 Å². The van der Waals surface area contributed by atoms with Crippen LogP contribution >= 0.6 is 0 Å². The van der Waals surface area contributed by atoms with Gasteiger partial charge in [-0.3, -0.25) is 0 Å². The number of ether oxygens (including phenoxy) is 1. The summed E-state index contributed by atoms with van der Waals surface area (Å²) in [6.45, 7) is 4.28. The van der Waals surface area contributed by atoms with Crippen molar-refractivity contribution in [2.75, 3.05) is 13.2 Å². The third-order valence-corrected chi connectivity index (χ3v) is 4.33. The van der Waals surface area contributed by atoms with Crippen LogP contribution in [-0.2, 0) is 23.1 Å². The summed E-state index contributed by atoms with van der Waals surface area (Å²) in [7, 11) is 0. The van der Waals surface area contributed by atoms with Gasteiger partial charge >= 0.3 is 0 Å². The molecule has 1 saturated heterocycles. The zero-order valence-corrected chi connectivity index (χ0v) is 11.9. The fourth-order valence-corrected chi connectivity index (χ4v) is 2.86. The van der Waals surface area contributed by atoms with Gasteiger partial charge in [-0.05, 0) is 28.7 Å². The molecule has 2 aromatic rings. The highest BCUT2D eigenvalue weighted by Crippen LogP contribution is 2.39. The molecule has 0 atom stereocenters. The fourth-order valence-electron chi connectivity index (χ4n) is 2.86. The monoisotopic (exact) mass is 267 g/mol. The molecule has 20 heavy (non-hydrogen) atoms. The first-order chi connectivity index (χ1) is 9.78. The molecule has 2 aromatic carbocycles. The molecule has 2 N–H and O–H groups in total. The molecule has 1 aliphatic heterocycles. The average Bonchev–Trinajstić information content (AvgIpc) is 2.47. The minimum Gasteiger partial charge on any atom is -0.379 e. The SMILES string of the molecule is CCc1ccc(C2(c3cccc(CN)c3)COC2)cc1. The first kappa shape index (κ1) is 13.3. The standard InChI is InChI=1S/C18H21NO/c1-2-14-6-8-16(9-7-14)18(12-20-13-18)17-5-3-4-15(10-17)11-19/h3-10H,2,11-13,19H2,1H3. The van der Waals surface area contributed by atoms with Gasteiger partial charge in [0.05, 0.1) is 18.6 Å². The van der Waals surface area contributed by atoms with Crippen molar-refractivity contribution >= 4 is 0 Å². The maximum atomic E-state index is 5.77. The van der Waals surface area contributed by atoms with E-state index >= 15 is 0 Å². The van der Waals surface area contributed by atoms with Crippen LogP contribution in [0.15, 0.2) is 48.5 Å². The predicted octanol–water partition coefficient (Wildman–Crippen LogP) is 3.02. The summed E-state index contributed by atoms with van der Waals surface area (Å²) in [5, 5.41) is 0. The van der Waals surface area contributed by atoms with Crippen LogP contribution in [0.25, 0.3) is 0 Å². The van der Waals surface area contributed by atoms with Gasteiger partial charge < -0.3 is 10.5 Å². The van der Waals surface area contributed by atoms with Crippen molar-refractivity contribution in [1.29, 1.82) is 0 Å². The van der Waals surface area contributed by atoms with Gasteiger partial charge in [0.15, 0.2) is 0 Å². The molecule has 2 nitrogen and oxygen atoms in total. The van der Waals surface area contributed by atoms with Crippen molar-refractivity contribution in [2.24, 2.45) is 5.73 Å². The minimum absolute atomic E-state index is 0.0114. The van der Waals surface area contributed by atoms with Crippen LogP contribution in [0.3, 0.4) is 0 Å². The summed E-state index contributed by atoms with van der Waals surface area (Å²) in [6.07, 6.45) is 1.08. The van der Waals surface area contributed by atoms with E-state index in [1.165, 1.54) is 22.3 Å². The number of hydrogen-bond donors (Lipinski definition) is 1. The zero-order valence-electron chi connectivity index (χ0n) is 11.9. The van der Waals surface area contributed by atoms with Crippen LogP contribution < -0.4 is 5.73 Å². The van der Waals surface area contributed by atoms with Crippen LogP contribution in [-0.4, -0.2) is 13.2 Å². The van der Waals surface area contributed by atoms with E-state index in [9.17, 15) is 0 Å². The normalized spacial score (nSPS) is 16.7. The molecule has 0 aromatic heterocycles. The highest BCUT2D eigenvalue weighted by Gasteiger charge is 2.41. The van der Waals surface area contributed by atoms with Gasteiger partial charge in [-0.1, -0.05) is 55.5 Å². The average molecular weight is 267 g/mol. The third kappa shape index (κ3) is 2.15. The van der Waals surface area contributed by atoms with Crippen molar-refractivity contribution in [3.05, 3.63) is 70.8 Å². The largest absolute Gasteiger partial charge is 0.379 e. The molecule has 0 amide bonds. The third-order valence-electron chi connectivity index (χ3n) is 4.33. The maximum absolute atomic E-state index is 5.77. The Morgan fingerprint density at radius 3 is 2.30 bits per heavy atom. The van der Waals surface area contributed by atoms with Gasteiger partial charge in [0.1, 0.15) is 0 Å². The molecule has 0 spiro atoms. The molecule has 2 heteroatoms. The molecular formula is C18H21NO. The second-order valence-electron chi connectivity index (χ2n) is 5.53. The lowest BCUT2D eigenvalue weighted by molar-refractivity contribution is -0.0380. The summed E-state index contributed by atoms with van der Waals surface area (Å²) in [5.74, 6) is 0. The summed E-state index contributed by atoms with van der Waals surface area (Å²) >= 11 is 0. The number of benzene rings is 2. The van der Waals surface area contributed by atoms with Gasteiger partial charge in [0.25, 0.3) is 0 Å². The van der Waals surface area contributed by atoms with E-state index in [0.717, 1.165) is 19.6 Å². The van der Waals surface area contributed by atoms with E-state index < -0.39 is 0 Å². The lowest BCUT2D eigenvalue weighted by atomic mass is 9.72. The lowest BCUT2D eigenvalue weighted by Gasteiger charge is -2.42. The predicted molar refractivity (Wildman–Crippen MR) is 81.8 cm³/mol. The Bertz CT molecular complexity index is 585. The lowest BCUT2D eigenvalue weighted by Crippen LogP contribution is -2.47. The van der Waals surface area contributed by atoms with Crippen molar-refractivity contribution in [1.82, 2.24) is 0 Å². The molecule has 1 heterocycles. The van der Waals surface area contributed by atoms with Crippen LogP contribution in [0.2, 0.25) is 0 Å². The molecule has 0 radical (unpaired) electrons. The summed E-state index contributed by atoms with van der Waals surface area (Å²) in [6, 6.07) is 17.5. The van der Waals surface area contributed by atoms with E-state index in [1.807, 2.05) is 0 Å². The molecule has 0 bridgehead atoms. The molecule has 0 unspecified atom stereocenters. The van der Waals surface area contributed by atoms with E-state index in [4.69, 9.17) is 10.5 Å². The van der Waals surface area contributed by atoms with Crippen LogP contribution in [0, 0.1) is 0 Å². The quantitative estimate of drug-likeness (QED) is 0.924. The topological polar surface area (TPSA) is 35.2 Å². The Labute approximate surface area is 120 Å². The Balaban J connectivity index is 2.01. The Morgan fingerprint density at radius 1 is 1.00 bits per heavy atom. The van der Waals surface area contributed by atoms with Gasteiger partial charge in [0, 0.05) is 6.54 Å². The van der Waals surface area contributed by atoms with Gasteiger partial charge in [0.2, 0.25) is 0 Å². The molecule has 0 aliphatic carbocycles. The smallest absolute Gasteiger partial charge is 0.0669 e. The summed E-state index contributed by atoms with van der Waals surface area (Å²) < 4.78 is 5.55. The van der Waals surface area contributed by atoms with Crippen molar-refractivity contribution in [3.8, 4) is 0 Å². The minimum atomic E-state index is 0.0114. The summed E-state index contributed by atoms with van der Waals surface area (Å²) in [5.41, 5.74) is 11.0. The van der Waals surface area contributed by atoms with Gasteiger partial charge in [-0.15, -0.1) is 0 Å². The van der Waals surface area contributed by atoms with Crippen molar-refractivity contribution in [2.45, 2.75) is 25.3 Å². The van der Waals surface area contributed by atoms with E-state index in [-0.39, 0.29) is 5.41 Å². The van der Waals surface area contributed by atoms with Gasteiger partial charge in [-0.2, -0.15) is 0 Å². The first-order valence-corrected chi connectivity index (χ1v) is 7.25. The Kier molecular flexibility index (Phi) is 3.60. The van der Waals surface area contributed by atoms with Gasteiger partial charge in [-0.25, -0.2) is 0 Å². The van der Waals surface area contributed by atoms with E-state index in [0.29, 0.717) is 6.54 Å². The molecule has 0 saturated carbocycles. The van der Waals surface area contributed by atoms with Crippen molar-refractivity contribution < 1.29 is 4.74 Å². The zero-order chi connectivity index (χ0) is 14.0. The highest BCUT2D eigenvalue weighted by atomic mass is 16.5. The Hall–Kier alpha value is -1.64. The second-order valence-corrected chi connectivity index (χ2v) is 5.53. The summed E-state index contributed by atoms with van der Waals surface area (Å²) in [4.78, 5) is 0. The van der Waals surface area contributed by atoms with Crippen molar-refractivity contribution in [3.63, 3.8) is 0 Å². The molecule has 104 valence electrons. The number of rotatable bonds is 4. The molecule has 1 fully saturated rings. The second kappa shape index (κ2) is 5.39. The maximum Gasteiger partial charge on any atom is 0.0669 e. The van der Waals surface area contributed by atoms with Crippen LogP contribution in [0.4, 0.5) is 0 Å². The number of hydrogen-bond acceptors (Lipinski definition) is 2. The first-order valence-electron chi connectivity index (χ1n) is 7.25. The number of nitrogens with two attached hydrogens (primary N) is 1. The Morgan fingerprint density at radius 2 is 1.75 bits per heavy atom.